The van der Waals surface area contributed by atoms with E-state index >= 15 is 0 Å². The van der Waals surface area contributed by atoms with Crippen molar-refractivity contribution in [3.63, 3.8) is 0 Å². The van der Waals surface area contributed by atoms with E-state index < -0.39 is 0 Å². The second-order valence-electron chi connectivity index (χ2n) is 4.86. The van der Waals surface area contributed by atoms with Crippen LogP contribution in [0.25, 0.3) is 0 Å². The summed E-state index contributed by atoms with van der Waals surface area (Å²) >= 11 is 0. The molecular weight excluding hydrogens is 234 g/mol. The highest BCUT2D eigenvalue weighted by atomic mass is 16.1. The number of carbonyl (C=O) groups is 1. The standard InChI is InChI=1S/C17H25NO/c1-3-5-6-7-8-9-15-10-12-16(13-11-15)17(19)18-14-4-2/h4,10-13H,2-3,5-9,14H2,1H3,(H,18,19). The van der Waals surface area contributed by atoms with Crippen molar-refractivity contribution in [2.75, 3.05) is 6.54 Å². The highest BCUT2D eigenvalue weighted by molar-refractivity contribution is 5.94. The molecule has 104 valence electrons. The van der Waals surface area contributed by atoms with Gasteiger partial charge in [-0.25, -0.2) is 0 Å². The van der Waals surface area contributed by atoms with Crippen LogP contribution in [0.15, 0.2) is 36.9 Å². The van der Waals surface area contributed by atoms with Gasteiger partial charge >= 0.3 is 0 Å². The molecule has 0 saturated heterocycles. The second-order valence-corrected chi connectivity index (χ2v) is 4.86. The first-order valence-corrected chi connectivity index (χ1v) is 7.26. The Bertz CT molecular complexity index is 381. The van der Waals surface area contributed by atoms with E-state index in [1.807, 2.05) is 12.1 Å². The van der Waals surface area contributed by atoms with E-state index in [9.17, 15) is 4.79 Å². The number of carbonyl (C=O) groups excluding carboxylic acids is 1. The molecule has 0 atom stereocenters. The van der Waals surface area contributed by atoms with Gasteiger partial charge in [0.05, 0.1) is 0 Å². The zero-order valence-corrected chi connectivity index (χ0v) is 12.0. The molecule has 0 aromatic heterocycles. The lowest BCUT2D eigenvalue weighted by molar-refractivity contribution is 0.0958. The van der Waals surface area contributed by atoms with Crippen LogP contribution in [0.1, 0.15) is 54.9 Å². The van der Waals surface area contributed by atoms with E-state index in [0.717, 1.165) is 12.0 Å². The molecule has 0 radical (unpaired) electrons. The Kier molecular flexibility index (Phi) is 7.64. The fourth-order valence-corrected chi connectivity index (χ4v) is 2.02. The topological polar surface area (TPSA) is 29.1 Å². The summed E-state index contributed by atoms with van der Waals surface area (Å²) in [7, 11) is 0. The van der Waals surface area contributed by atoms with Gasteiger partial charge in [0.25, 0.3) is 5.91 Å². The third-order valence-corrected chi connectivity index (χ3v) is 3.19. The van der Waals surface area contributed by atoms with E-state index in [0.29, 0.717) is 6.54 Å². The minimum Gasteiger partial charge on any atom is -0.349 e. The Morgan fingerprint density at radius 1 is 1.16 bits per heavy atom. The number of hydrogen-bond donors (Lipinski definition) is 1. The molecule has 2 nitrogen and oxygen atoms in total. The number of hydrogen-bond acceptors (Lipinski definition) is 1. The maximum Gasteiger partial charge on any atom is 0.251 e. The van der Waals surface area contributed by atoms with Crippen molar-refractivity contribution in [3.05, 3.63) is 48.0 Å². The molecule has 1 aromatic carbocycles. The van der Waals surface area contributed by atoms with E-state index in [1.165, 1.54) is 37.7 Å². The average molecular weight is 259 g/mol. The van der Waals surface area contributed by atoms with E-state index in [-0.39, 0.29) is 5.91 Å². The van der Waals surface area contributed by atoms with Gasteiger partial charge in [0.1, 0.15) is 0 Å². The maximum atomic E-state index is 11.7. The summed E-state index contributed by atoms with van der Waals surface area (Å²) in [6.07, 6.45) is 9.29. The molecule has 0 spiro atoms. The average Bonchev–Trinajstić information content (AvgIpc) is 2.45. The van der Waals surface area contributed by atoms with Crippen molar-refractivity contribution in [2.24, 2.45) is 0 Å². The lowest BCUT2D eigenvalue weighted by Crippen LogP contribution is -2.23. The van der Waals surface area contributed by atoms with Crippen molar-refractivity contribution in [3.8, 4) is 0 Å². The molecule has 0 fully saturated rings. The first-order chi connectivity index (χ1) is 9.27. The Hall–Kier alpha value is -1.57. The number of aryl methyl sites for hydroxylation is 1. The minimum atomic E-state index is -0.0330. The smallest absolute Gasteiger partial charge is 0.251 e. The third-order valence-electron chi connectivity index (χ3n) is 3.19. The fraction of sp³-hybridized carbons (Fsp3) is 0.471. The molecule has 19 heavy (non-hydrogen) atoms. The predicted octanol–water partition coefficient (Wildman–Crippen LogP) is 4.12. The van der Waals surface area contributed by atoms with Crippen LogP contribution in [0.2, 0.25) is 0 Å². The van der Waals surface area contributed by atoms with Crippen LogP contribution < -0.4 is 5.32 Å². The van der Waals surface area contributed by atoms with Crippen LogP contribution in [-0.2, 0) is 6.42 Å². The molecule has 0 saturated carbocycles. The number of nitrogens with one attached hydrogen (secondary N) is 1. The molecule has 1 amide bonds. The van der Waals surface area contributed by atoms with Gasteiger partial charge in [0.15, 0.2) is 0 Å². The summed E-state index contributed by atoms with van der Waals surface area (Å²) in [4.78, 5) is 11.7. The van der Waals surface area contributed by atoms with Gasteiger partial charge in [-0.2, -0.15) is 0 Å². The summed E-state index contributed by atoms with van der Waals surface area (Å²) in [5, 5.41) is 2.78. The SMILES string of the molecule is C=CCNC(=O)c1ccc(CCCCCCC)cc1. The van der Waals surface area contributed by atoms with E-state index in [1.54, 1.807) is 6.08 Å². The van der Waals surface area contributed by atoms with E-state index in [2.05, 4.69) is 31.0 Å². The van der Waals surface area contributed by atoms with Gasteiger partial charge in [-0.05, 0) is 30.5 Å². The zero-order valence-electron chi connectivity index (χ0n) is 12.0. The van der Waals surface area contributed by atoms with Crippen LogP contribution in [0.4, 0.5) is 0 Å². The number of rotatable bonds is 9. The lowest BCUT2D eigenvalue weighted by atomic mass is 10.0. The van der Waals surface area contributed by atoms with E-state index in [4.69, 9.17) is 0 Å². The van der Waals surface area contributed by atoms with Crippen LogP contribution in [0, 0.1) is 0 Å². The number of unbranched alkanes of at least 4 members (excludes halogenated alkanes) is 4. The number of benzene rings is 1. The van der Waals surface area contributed by atoms with Crippen molar-refractivity contribution < 1.29 is 4.79 Å². The molecular formula is C17H25NO. The first kappa shape index (κ1) is 15.5. The molecule has 2 heteroatoms. The molecule has 1 rings (SSSR count). The quantitative estimate of drug-likeness (QED) is 0.524. The summed E-state index contributed by atoms with van der Waals surface area (Å²) < 4.78 is 0. The Morgan fingerprint density at radius 3 is 2.47 bits per heavy atom. The highest BCUT2D eigenvalue weighted by Crippen LogP contribution is 2.10. The van der Waals surface area contributed by atoms with Gasteiger partial charge in [-0.15, -0.1) is 6.58 Å². The lowest BCUT2D eigenvalue weighted by Gasteiger charge is -2.05. The van der Waals surface area contributed by atoms with Crippen molar-refractivity contribution in [1.82, 2.24) is 5.32 Å². The molecule has 0 aliphatic heterocycles. The Morgan fingerprint density at radius 2 is 1.84 bits per heavy atom. The zero-order chi connectivity index (χ0) is 13.9. The summed E-state index contributed by atoms with van der Waals surface area (Å²) in [6, 6.07) is 7.92. The molecule has 0 aliphatic carbocycles. The van der Waals surface area contributed by atoms with Gasteiger partial charge in [0, 0.05) is 12.1 Å². The van der Waals surface area contributed by atoms with Crippen LogP contribution in [0.5, 0.6) is 0 Å². The Balaban J connectivity index is 2.34. The summed E-state index contributed by atoms with van der Waals surface area (Å²) in [5.74, 6) is -0.0330. The third kappa shape index (κ3) is 6.23. The Labute approximate surface area is 116 Å². The van der Waals surface area contributed by atoms with Crippen molar-refractivity contribution >= 4 is 5.91 Å². The van der Waals surface area contributed by atoms with Gasteiger partial charge in [-0.1, -0.05) is 50.8 Å². The minimum absolute atomic E-state index is 0.0330. The second kappa shape index (κ2) is 9.37. The van der Waals surface area contributed by atoms with Crippen molar-refractivity contribution in [1.29, 1.82) is 0 Å². The number of amides is 1. The monoisotopic (exact) mass is 259 g/mol. The molecule has 0 aliphatic rings. The normalized spacial score (nSPS) is 10.2. The predicted molar refractivity (Wildman–Crippen MR) is 81.4 cm³/mol. The summed E-state index contributed by atoms with van der Waals surface area (Å²) in [5.41, 5.74) is 2.04. The molecule has 1 N–H and O–H groups in total. The maximum absolute atomic E-state index is 11.7. The van der Waals surface area contributed by atoms with Crippen LogP contribution >= 0.6 is 0 Å². The van der Waals surface area contributed by atoms with Crippen LogP contribution in [-0.4, -0.2) is 12.5 Å². The van der Waals surface area contributed by atoms with Crippen molar-refractivity contribution in [2.45, 2.75) is 45.4 Å². The van der Waals surface area contributed by atoms with Crippen LogP contribution in [0.3, 0.4) is 0 Å². The molecule has 0 bridgehead atoms. The summed E-state index contributed by atoms with van der Waals surface area (Å²) in [6.45, 7) is 6.32. The largest absolute Gasteiger partial charge is 0.349 e. The molecule has 1 aromatic rings. The highest BCUT2D eigenvalue weighted by Gasteiger charge is 2.03. The first-order valence-electron chi connectivity index (χ1n) is 7.26. The van der Waals surface area contributed by atoms with Gasteiger partial charge in [-0.3, -0.25) is 4.79 Å². The molecule has 0 heterocycles. The fourth-order valence-electron chi connectivity index (χ4n) is 2.02. The van der Waals surface area contributed by atoms with Gasteiger partial charge in [0.2, 0.25) is 0 Å². The van der Waals surface area contributed by atoms with Gasteiger partial charge < -0.3 is 5.32 Å². The molecule has 0 unspecified atom stereocenters.